The van der Waals surface area contributed by atoms with Gasteiger partial charge in [0.25, 0.3) is 5.91 Å². The third-order valence-corrected chi connectivity index (χ3v) is 5.60. The Morgan fingerprint density at radius 3 is 2.40 bits per heavy atom. The minimum atomic E-state index is 0.155. The third kappa shape index (κ3) is 2.00. The molecule has 1 aromatic rings. The van der Waals surface area contributed by atoms with Crippen LogP contribution in [0.3, 0.4) is 0 Å². The highest BCUT2D eigenvalue weighted by atomic mass is 16.5. The SMILES string of the molecule is O=C(COc1ccccc1)N1C[C@@H]2[C@@H]3CC[C@@H](C3)[C@@H]2C1. The zero-order valence-corrected chi connectivity index (χ0v) is 11.7. The molecule has 106 valence electrons. The van der Waals surface area contributed by atoms with Crippen molar-refractivity contribution in [1.82, 2.24) is 4.90 Å². The van der Waals surface area contributed by atoms with Gasteiger partial charge in [-0.25, -0.2) is 0 Å². The summed E-state index contributed by atoms with van der Waals surface area (Å²) in [6.07, 6.45) is 4.22. The van der Waals surface area contributed by atoms with Crippen LogP contribution in [0, 0.1) is 23.7 Å². The van der Waals surface area contributed by atoms with Gasteiger partial charge in [0.05, 0.1) is 0 Å². The van der Waals surface area contributed by atoms with Gasteiger partial charge in [-0.1, -0.05) is 18.2 Å². The number of para-hydroxylation sites is 1. The summed E-state index contributed by atoms with van der Waals surface area (Å²) < 4.78 is 5.58. The zero-order chi connectivity index (χ0) is 13.5. The number of amides is 1. The van der Waals surface area contributed by atoms with Gasteiger partial charge in [-0.3, -0.25) is 4.79 Å². The monoisotopic (exact) mass is 271 g/mol. The maximum atomic E-state index is 12.3. The number of fused-ring (bicyclic) bond motifs is 5. The van der Waals surface area contributed by atoms with Gasteiger partial charge in [0.1, 0.15) is 5.75 Å². The summed E-state index contributed by atoms with van der Waals surface area (Å²) in [5.74, 6) is 4.31. The molecule has 1 aromatic carbocycles. The minimum Gasteiger partial charge on any atom is -0.484 e. The fraction of sp³-hybridized carbons (Fsp3) is 0.588. The van der Waals surface area contributed by atoms with Crippen LogP contribution in [0.15, 0.2) is 30.3 Å². The maximum absolute atomic E-state index is 12.3. The lowest BCUT2D eigenvalue weighted by atomic mass is 9.82. The number of ether oxygens (including phenoxy) is 1. The summed E-state index contributed by atoms with van der Waals surface area (Å²) in [4.78, 5) is 14.3. The molecule has 1 amide bonds. The Morgan fingerprint density at radius 1 is 1.10 bits per heavy atom. The van der Waals surface area contributed by atoms with E-state index in [1.807, 2.05) is 35.2 Å². The summed E-state index contributed by atoms with van der Waals surface area (Å²) in [5, 5.41) is 0. The van der Waals surface area contributed by atoms with E-state index in [4.69, 9.17) is 4.74 Å². The number of carbonyl (C=O) groups excluding carboxylic acids is 1. The Bertz CT molecular complexity index is 483. The largest absolute Gasteiger partial charge is 0.484 e. The molecule has 0 aromatic heterocycles. The van der Waals surface area contributed by atoms with E-state index in [-0.39, 0.29) is 12.5 Å². The first kappa shape index (κ1) is 12.2. The highest BCUT2D eigenvalue weighted by molar-refractivity contribution is 5.78. The molecule has 0 N–H and O–H groups in total. The Hall–Kier alpha value is -1.51. The summed E-state index contributed by atoms with van der Waals surface area (Å²) in [6.45, 7) is 2.13. The van der Waals surface area contributed by atoms with Crippen molar-refractivity contribution in [2.75, 3.05) is 19.7 Å². The lowest BCUT2D eigenvalue weighted by Gasteiger charge is -2.22. The molecule has 2 bridgehead atoms. The van der Waals surface area contributed by atoms with Crippen LogP contribution in [0.4, 0.5) is 0 Å². The molecule has 3 aliphatic rings. The summed E-state index contributed by atoms with van der Waals surface area (Å²) in [5.41, 5.74) is 0. The van der Waals surface area contributed by atoms with E-state index in [9.17, 15) is 4.79 Å². The molecule has 0 radical (unpaired) electrons. The molecule has 20 heavy (non-hydrogen) atoms. The molecule has 4 rings (SSSR count). The number of hydrogen-bond donors (Lipinski definition) is 0. The average Bonchev–Trinajstić information content (AvgIpc) is 3.17. The molecule has 4 atom stereocenters. The Morgan fingerprint density at radius 2 is 1.75 bits per heavy atom. The van der Waals surface area contributed by atoms with Gasteiger partial charge in [0, 0.05) is 13.1 Å². The van der Waals surface area contributed by atoms with Crippen LogP contribution in [-0.2, 0) is 4.79 Å². The van der Waals surface area contributed by atoms with E-state index in [2.05, 4.69) is 0 Å². The first-order chi connectivity index (χ1) is 9.81. The minimum absolute atomic E-state index is 0.155. The van der Waals surface area contributed by atoms with Crippen LogP contribution >= 0.6 is 0 Å². The summed E-state index contributed by atoms with van der Waals surface area (Å²) >= 11 is 0. The first-order valence-corrected chi connectivity index (χ1v) is 7.77. The number of hydrogen-bond acceptors (Lipinski definition) is 2. The predicted molar refractivity (Wildman–Crippen MR) is 76.3 cm³/mol. The number of benzene rings is 1. The van der Waals surface area contributed by atoms with Crippen molar-refractivity contribution in [2.24, 2.45) is 23.7 Å². The molecule has 3 heteroatoms. The van der Waals surface area contributed by atoms with E-state index < -0.39 is 0 Å². The van der Waals surface area contributed by atoms with Crippen LogP contribution in [0.2, 0.25) is 0 Å². The maximum Gasteiger partial charge on any atom is 0.260 e. The standard InChI is InChI=1S/C17H21NO2/c19-17(11-20-14-4-2-1-3-5-14)18-9-15-12-6-7-13(8-12)16(15)10-18/h1-5,12-13,15-16H,6-11H2/t12-,13+,15-,16+. The van der Waals surface area contributed by atoms with Crippen LogP contribution in [-0.4, -0.2) is 30.5 Å². The lowest BCUT2D eigenvalue weighted by molar-refractivity contribution is -0.132. The van der Waals surface area contributed by atoms with Crippen molar-refractivity contribution in [3.05, 3.63) is 30.3 Å². The molecule has 3 nitrogen and oxygen atoms in total. The summed E-state index contributed by atoms with van der Waals surface area (Å²) in [6, 6.07) is 9.60. The molecule has 2 aliphatic carbocycles. The van der Waals surface area contributed by atoms with E-state index in [0.717, 1.165) is 42.5 Å². The number of carbonyl (C=O) groups is 1. The topological polar surface area (TPSA) is 29.5 Å². The normalized spacial score (nSPS) is 34.3. The quantitative estimate of drug-likeness (QED) is 0.845. The van der Waals surface area contributed by atoms with E-state index >= 15 is 0 Å². The second-order valence-electron chi connectivity index (χ2n) is 6.56. The fourth-order valence-electron chi connectivity index (χ4n) is 4.64. The Kier molecular flexibility index (Phi) is 2.94. The van der Waals surface area contributed by atoms with E-state index in [1.54, 1.807) is 0 Å². The van der Waals surface area contributed by atoms with Gasteiger partial charge >= 0.3 is 0 Å². The van der Waals surface area contributed by atoms with E-state index in [0.29, 0.717) is 0 Å². The van der Waals surface area contributed by atoms with Crippen LogP contribution in [0.1, 0.15) is 19.3 Å². The molecule has 2 saturated carbocycles. The smallest absolute Gasteiger partial charge is 0.260 e. The lowest BCUT2D eigenvalue weighted by Crippen LogP contribution is -2.34. The Balaban J connectivity index is 1.34. The van der Waals surface area contributed by atoms with Crippen molar-refractivity contribution in [3.8, 4) is 5.75 Å². The van der Waals surface area contributed by atoms with Crippen molar-refractivity contribution in [1.29, 1.82) is 0 Å². The van der Waals surface area contributed by atoms with Gasteiger partial charge in [-0.15, -0.1) is 0 Å². The molecule has 3 fully saturated rings. The van der Waals surface area contributed by atoms with Crippen molar-refractivity contribution in [3.63, 3.8) is 0 Å². The molecule has 1 aliphatic heterocycles. The first-order valence-electron chi connectivity index (χ1n) is 7.77. The third-order valence-electron chi connectivity index (χ3n) is 5.60. The van der Waals surface area contributed by atoms with Gasteiger partial charge < -0.3 is 9.64 Å². The zero-order valence-electron chi connectivity index (χ0n) is 11.7. The molecule has 0 unspecified atom stereocenters. The number of likely N-dealkylation sites (tertiary alicyclic amines) is 1. The van der Waals surface area contributed by atoms with E-state index in [1.165, 1.54) is 19.3 Å². The number of rotatable bonds is 3. The summed E-state index contributed by atoms with van der Waals surface area (Å²) in [7, 11) is 0. The van der Waals surface area contributed by atoms with Gasteiger partial charge in [0.15, 0.2) is 6.61 Å². The molecular formula is C17H21NO2. The second kappa shape index (κ2) is 4.80. The highest BCUT2D eigenvalue weighted by Gasteiger charge is 2.52. The van der Waals surface area contributed by atoms with Crippen LogP contribution < -0.4 is 4.74 Å². The number of nitrogens with zero attached hydrogens (tertiary/aromatic N) is 1. The van der Waals surface area contributed by atoms with Crippen molar-refractivity contribution < 1.29 is 9.53 Å². The highest BCUT2D eigenvalue weighted by Crippen LogP contribution is 2.55. The second-order valence-corrected chi connectivity index (χ2v) is 6.56. The molecule has 1 saturated heterocycles. The van der Waals surface area contributed by atoms with Crippen LogP contribution in [0.25, 0.3) is 0 Å². The van der Waals surface area contributed by atoms with Crippen molar-refractivity contribution in [2.45, 2.75) is 19.3 Å². The van der Waals surface area contributed by atoms with Crippen LogP contribution in [0.5, 0.6) is 5.75 Å². The molecule has 0 spiro atoms. The Labute approximate surface area is 119 Å². The van der Waals surface area contributed by atoms with Gasteiger partial charge in [0.2, 0.25) is 0 Å². The molecular weight excluding hydrogens is 250 g/mol. The predicted octanol–water partition coefficient (Wildman–Crippen LogP) is 2.57. The van der Waals surface area contributed by atoms with Gasteiger partial charge in [-0.2, -0.15) is 0 Å². The average molecular weight is 271 g/mol. The molecule has 1 heterocycles. The fourth-order valence-corrected chi connectivity index (χ4v) is 4.64. The van der Waals surface area contributed by atoms with Gasteiger partial charge in [-0.05, 0) is 55.1 Å². The van der Waals surface area contributed by atoms with Crippen molar-refractivity contribution >= 4 is 5.91 Å².